The molecule has 0 heterocycles. The van der Waals surface area contributed by atoms with Gasteiger partial charge in [0.05, 0.1) is 11.3 Å². The first-order valence-electron chi connectivity index (χ1n) is 6.17. The molecule has 114 valence electrons. The summed E-state index contributed by atoms with van der Waals surface area (Å²) in [7, 11) is 0. The number of benzene rings is 2. The second-order valence-corrected chi connectivity index (χ2v) is 5.47. The molecule has 0 saturated heterocycles. The van der Waals surface area contributed by atoms with Crippen molar-refractivity contribution in [3.8, 4) is 0 Å². The minimum atomic E-state index is -1.24. The van der Waals surface area contributed by atoms with E-state index >= 15 is 0 Å². The number of carbonyl (C=O) groups is 2. The number of carboxylic acids is 1. The number of halogens is 2. The van der Waals surface area contributed by atoms with Crippen LogP contribution in [0.1, 0.15) is 15.9 Å². The van der Waals surface area contributed by atoms with Gasteiger partial charge in [0.25, 0.3) is 0 Å². The fourth-order valence-corrected chi connectivity index (χ4v) is 2.41. The third-order valence-corrected chi connectivity index (χ3v) is 3.58. The molecule has 22 heavy (non-hydrogen) atoms. The molecule has 0 atom stereocenters. The number of nitrogens with one attached hydrogen (secondary N) is 1. The molecule has 0 aliphatic rings. The van der Waals surface area contributed by atoms with E-state index in [9.17, 15) is 14.0 Å². The highest BCUT2D eigenvalue weighted by Crippen LogP contribution is 2.24. The maximum Gasteiger partial charge on any atom is 0.412 e. The number of ether oxygens (including phenoxy) is 1. The summed E-state index contributed by atoms with van der Waals surface area (Å²) in [5, 5.41) is 11.1. The Morgan fingerprint density at radius 3 is 2.50 bits per heavy atom. The second-order valence-electron chi connectivity index (χ2n) is 4.31. The van der Waals surface area contributed by atoms with Gasteiger partial charge < -0.3 is 9.84 Å². The molecule has 2 rings (SSSR count). The Morgan fingerprint density at radius 2 is 1.91 bits per heavy atom. The first-order valence-corrected chi connectivity index (χ1v) is 7.25. The standard InChI is InChI=1S/C15H11FINO4/c16-11-6-10(14(19)20)7-12(17)13(11)18-15(21)22-8-9-4-2-1-3-5-9/h1-7H,8H2,(H,18,21)(H,19,20). The summed E-state index contributed by atoms with van der Waals surface area (Å²) in [5.41, 5.74) is 0.503. The van der Waals surface area contributed by atoms with E-state index in [1.807, 2.05) is 18.2 Å². The maximum atomic E-state index is 13.9. The van der Waals surface area contributed by atoms with Crippen molar-refractivity contribution in [3.63, 3.8) is 0 Å². The molecule has 0 radical (unpaired) electrons. The number of anilines is 1. The molecule has 2 N–H and O–H groups in total. The van der Waals surface area contributed by atoms with E-state index in [1.54, 1.807) is 34.7 Å². The average Bonchev–Trinajstić information content (AvgIpc) is 2.49. The highest BCUT2D eigenvalue weighted by molar-refractivity contribution is 14.1. The van der Waals surface area contributed by atoms with Gasteiger partial charge in [0.15, 0.2) is 0 Å². The van der Waals surface area contributed by atoms with Crippen LogP contribution in [0.2, 0.25) is 0 Å². The number of rotatable bonds is 4. The van der Waals surface area contributed by atoms with Crippen LogP contribution in [0, 0.1) is 9.39 Å². The Morgan fingerprint density at radius 1 is 1.23 bits per heavy atom. The number of carbonyl (C=O) groups excluding carboxylic acids is 1. The van der Waals surface area contributed by atoms with Crippen LogP contribution in [-0.2, 0) is 11.3 Å². The number of amides is 1. The van der Waals surface area contributed by atoms with Crippen LogP contribution in [0.4, 0.5) is 14.9 Å². The Kier molecular flexibility index (Phi) is 5.31. The van der Waals surface area contributed by atoms with Crippen LogP contribution in [0.5, 0.6) is 0 Å². The predicted molar refractivity (Wildman–Crippen MR) is 86.3 cm³/mol. The molecular formula is C15H11FINO4. The van der Waals surface area contributed by atoms with Crippen molar-refractivity contribution in [1.29, 1.82) is 0 Å². The molecule has 0 fully saturated rings. The van der Waals surface area contributed by atoms with Crippen LogP contribution >= 0.6 is 22.6 Å². The summed E-state index contributed by atoms with van der Waals surface area (Å²) in [5.74, 6) is -2.07. The first-order chi connectivity index (χ1) is 10.5. The molecule has 0 saturated carbocycles. The fourth-order valence-electron chi connectivity index (χ4n) is 1.68. The Labute approximate surface area is 139 Å². The molecule has 0 spiro atoms. The van der Waals surface area contributed by atoms with Gasteiger partial charge in [-0.2, -0.15) is 0 Å². The van der Waals surface area contributed by atoms with Gasteiger partial charge in [-0.1, -0.05) is 30.3 Å². The van der Waals surface area contributed by atoms with Crippen molar-refractivity contribution in [2.24, 2.45) is 0 Å². The molecule has 0 aromatic heterocycles. The molecule has 2 aromatic rings. The Balaban J connectivity index is 2.04. The number of hydrogen-bond donors (Lipinski definition) is 2. The summed E-state index contributed by atoms with van der Waals surface area (Å²) >= 11 is 1.74. The van der Waals surface area contributed by atoms with E-state index in [1.165, 1.54) is 6.07 Å². The zero-order chi connectivity index (χ0) is 16.1. The van der Waals surface area contributed by atoms with Crippen molar-refractivity contribution < 1.29 is 23.8 Å². The highest BCUT2D eigenvalue weighted by atomic mass is 127. The van der Waals surface area contributed by atoms with Crippen LogP contribution in [0.3, 0.4) is 0 Å². The molecule has 0 bridgehead atoms. The quantitative estimate of drug-likeness (QED) is 0.744. The Hall–Kier alpha value is -2.16. The minimum absolute atomic E-state index is 0.0537. The van der Waals surface area contributed by atoms with E-state index in [2.05, 4.69) is 5.32 Å². The van der Waals surface area contributed by atoms with E-state index < -0.39 is 17.9 Å². The summed E-state index contributed by atoms with van der Waals surface area (Å²) < 4.78 is 19.1. The van der Waals surface area contributed by atoms with Gasteiger partial charge in [-0.3, -0.25) is 5.32 Å². The van der Waals surface area contributed by atoms with E-state index in [-0.39, 0.29) is 21.4 Å². The van der Waals surface area contributed by atoms with E-state index in [4.69, 9.17) is 9.84 Å². The van der Waals surface area contributed by atoms with Crippen molar-refractivity contribution in [1.82, 2.24) is 0 Å². The first kappa shape index (κ1) is 16.2. The smallest absolute Gasteiger partial charge is 0.412 e. The summed E-state index contributed by atoms with van der Waals surface area (Å²) in [6.07, 6.45) is -0.816. The Bertz CT molecular complexity index is 683. The lowest BCUT2D eigenvalue weighted by Gasteiger charge is -2.10. The maximum absolute atomic E-state index is 13.9. The number of hydrogen-bond acceptors (Lipinski definition) is 3. The third-order valence-electron chi connectivity index (χ3n) is 2.73. The van der Waals surface area contributed by atoms with Gasteiger partial charge in [-0.25, -0.2) is 14.0 Å². The fraction of sp³-hybridized carbons (Fsp3) is 0.0667. The topological polar surface area (TPSA) is 75.6 Å². The molecule has 7 heteroatoms. The summed E-state index contributed by atoms with van der Waals surface area (Å²) in [4.78, 5) is 22.5. The monoisotopic (exact) mass is 415 g/mol. The molecule has 0 aliphatic heterocycles. The SMILES string of the molecule is O=C(Nc1c(F)cc(C(=O)O)cc1I)OCc1ccccc1. The van der Waals surface area contributed by atoms with Crippen molar-refractivity contribution in [2.75, 3.05) is 5.32 Å². The summed E-state index contributed by atoms with van der Waals surface area (Å²) in [6.45, 7) is 0.0537. The molecule has 0 aliphatic carbocycles. The van der Waals surface area contributed by atoms with Crippen molar-refractivity contribution in [3.05, 3.63) is 63.0 Å². The zero-order valence-corrected chi connectivity index (χ0v) is 13.3. The van der Waals surface area contributed by atoms with Crippen LogP contribution in [0.15, 0.2) is 42.5 Å². The third kappa shape index (κ3) is 4.17. The van der Waals surface area contributed by atoms with Gasteiger partial charge in [0.2, 0.25) is 0 Å². The van der Waals surface area contributed by atoms with E-state index in [0.717, 1.165) is 11.6 Å². The minimum Gasteiger partial charge on any atom is -0.478 e. The lowest BCUT2D eigenvalue weighted by molar-refractivity contribution is 0.0696. The molecule has 0 unspecified atom stereocenters. The van der Waals surface area contributed by atoms with Gasteiger partial charge in [-0.15, -0.1) is 0 Å². The van der Waals surface area contributed by atoms with E-state index in [0.29, 0.717) is 0 Å². The largest absolute Gasteiger partial charge is 0.478 e. The predicted octanol–water partition coefficient (Wildman–Crippen LogP) is 3.88. The highest BCUT2D eigenvalue weighted by Gasteiger charge is 2.15. The van der Waals surface area contributed by atoms with Crippen LogP contribution in [-0.4, -0.2) is 17.2 Å². The molecule has 1 amide bonds. The molecule has 5 nitrogen and oxygen atoms in total. The summed E-state index contributed by atoms with van der Waals surface area (Å²) in [6, 6.07) is 11.1. The normalized spacial score (nSPS) is 10.1. The van der Waals surface area contributed by atoms with Gasteiger partial charge in [-0.05, 0) is 40.3 Å². The zero-order valence-electron chi connectivity index (χ0n) is 11.2. The van der Waals surface area contributed by atoms with Crippen molar-refractivity contribution >= 4 is 40.3 Å². The molecular weight excluding hydrogens is 404 g/mol. The number of aromatic carboxylic acids is 1. The average molecular weight is 415 g/mol. The van der Waals surface area contributed by atoms with Crippen LogP contribution in [0.25, 0.3) is 0 Å². The number of carboxylic acid groups (broad SMARTS) is 1. The van der Waals surface area contributed by atoms with Crippen LogP contribution < -0.4 is 5.32 Å². The van der Waals surface area contributed by atoms with Gasteiger partial charge >= 0.3 is 12.1 Å². The second kappa shape index (κ2) is 7.21. The lowest BCUT2D eigenvalue weighted by atomic mass is 10.2. The lowest BCUT2D eigenvalue weighted by Crippen LogP contribution is -2.16. The van der Waals surface area contributed by atoms with Gasteiger partial charge in [0, 0.05) is 3.57 Å². The molecule has 2 aromatic carbocycles. The van der Waals surface area contributed by atoms with Crippen molar-refractivity contribution in [2.45, 2.75) is 6.61 Å². The van der Waals surface area contributed by atoms with Gasteiger partial charge in [0.1, 0.15) is 12.4 Å².